The van der Waals surface area contributed by atoms with Crippen molar-refractivity contribution in [3.8, 4) is 29.0 Å². The Bertz CT molecular complexity index is 1990. The number of hydrogen-bond donors (Lipinski definition) is 3. The van der Waals surface area contributed by atoms with Crippen molar-refractivity contribution in [2.75, 3.05) is 6.26 Å². The van der Waals surface area contributed by atoms with Crippen LogP contribution in [0.3, 0.4) is 0 Å². The van der Waals surface area contributed by atoms with Gasteiger partial charge in [0, 0.05) is 35.8 Å². The molecule has 0 bridgehead atoms. The molecule has 2 aromatic heterocycles. The summed E-state index contributed by atoms with van der Waals surface area (Å²) >= 11 is 0. The van der Waals surface area contributed by atoms with Crippen LogP contribution in [-0.2, 0) is 26.5 Å². The van der Waals surface area contributed by atoms with Gasteiger partial charge in [-0.25, -0.2) is 22.2 Å². The SMILES string of the molecule is CC(C#N)(c1cccc(CCC(=O)O)c1)c1cnc(-c2cc(Oc3c(F)cc4[nH]ccc4c3S(C)(=O)=O)ccc2F)[nH]1. The summed E-state index contributed by atoms with van der Waals surface area (Å²) in [5.74, 6) is -3.06. The summed E-state index contributed by atoms with van der Waals surface area (Å²) < 4.78 is 61.0. The van der Waals surface area contributed by atoms with Gasteiger partial charge < -0.3 is 19.8 Å². The van der Waals surface area contributed by atoms with Crippen molar-refractivity contribution in [1.82, 2.24) is 15.0 Å². The molecule has 2 heterocycles. The molecule has 3 aromatic carbocycles. The number of rotatable bonds is 9. The molecule has 9 nitrogen and oxygen atoms in total. The van der Waals surface area contributed by atoms with Gasteiger partial charge in [-0.05, 0) is 48.7 Å². The Morgan fingerprint density at radius 1 is 1.14 bits per heavy atom. The molecule has 0 saturated heterocycles. The van der Waals surface area contributed by atoms with Crippen LogP contribution in [-0.4, -0.2) is 40.7 Å². The first-order valence-electron chi connectivity index (χ1n) is 12.7. The number of ether oxygens (including phenoxy) is 1. The zero-order valence-corrected chi connectivity index (χ0v) is 23.2. The molecule has 0 aliphatic heterocycles. The number of halogens is 2. The number of nitrogens with zero attached hydrogens (tertiary/aromatic N) is 2. The van der Waals surface area contributed by atoms with Gasteiger partial charge in [-0.3, -0.25) is 4.79 Å². The van der Waals surface area contributed by atoms with Crippen LogP contribution >= 0.6 is 0 Å². The van der Waals surface area contributed by atoms with E-state index in [0.717, 1.165) is 24.0 Å². The Labute approximate surface area is 239 Å². The van der Waals surface area contributed by atoms with Crippen LogP contribution in [0, 0.1) is 23.0 Å². The number of carboxylic acids is 1. The molecular weight excluding hydrogens is 566 g/mol. The molecule has 0 aliphatic rings. The standard InChI is InChI=1S/C30H24F2N4O5S/c1-30(16-33,18-5-3-4-17(12-18)6-9-26(37)38)25-15-35-29(36-25)21-13-19(7-8-22(21)31)41-27-23(32)14-24-20(10-11-34-24)28(27)42(2,39)40/h3-5,7-8,10-15,34H,6,9H2,1-2H3,(H,35,36)(H,37,38). The molecule has 3 N–H and O–H groups in total. The monoisotopic (exact) mass is 590 g/mol. The Morgan fingerprint density at radius 3 is 2.64 bits per heavy atom. The smallest absolute Gasteiger partial charge is 0.303 e. The highest BCUT2D eigenvalue weighted by molar-refractivity contribution is 7.91. The van der Waals surface area contributed by atoms with Gasteiger partial charge in [0.1, 0.15) is 27.7 Å². The van der Waals surface area contributed by atoms with Gasteiger partial charge in [-0.2, -0.15) is 5.26 Å². The highest BCUT2D eigenvalue weighted by Gasteiger charge is 2.32. The van der Waals surface area contributed by atoms with E-state index >= 15 is 8.78 Å². The first-order valence-corrected chi connectivity index (χ1v) is 14.5. The number of nitriles is 1. The Hall–Kier alpha value is -5.02. The van der Waals surface area contributed by atoms with Crippen molar-refractivity contribution < 1.29 is 31.8 Å². The van der Waals surface area contributed by atoms with Crippen LogP contribution < -0.4 is 4.74 Å². The lowest BCUT2D eigenvalue weighted by molar-refractivity contribution is -0.136. The minimum atomic E-state index is -3.93. The number of H-pyrrole nitrogens is 2. The van der Waals surface area contributed by atoms with E-state index in [-0.39, 0.29) is 45.8 Å². The highest BCUT2D eigenvalue weighted by Crippen LogP contribution is 2.39. The summed E-state index contributed by atoms with van der Waals surface area (Å²) in [5.41, 5.74) is 0.656. The lowest BCUT2D eigenvalue weighted by Gasteiger charge is -2.21. The van der Waals surface area contributed by atoms with Crippen LogP contribution in [0.2, 0.25) is 0 Å². The molecule has 0 radical (unpaired) electrons. The molecule has 0 aliphatic carbocycles. The number of aliphatic carboxylic acids is 1. The summed E-state index contributed by atoms with van der Waals surface area (Å²) in [5, 5.41) is 19.4. The number of aromatic nitrogens is 3. The first-order chi connectivity index (χ1) is 19.9. The summed E-state index contributed by atoms with van der Waals surface area (Å²) in [6.07, 6.45) is 4.05. The number of aromatic amines is 2. The largest absolute Gasteiger partial charge is 0.481 e. The van der Waals surface area contributed by atoms with E-state index in [1.165, 1.54) is 30.6 Å². The maximum absolute atomic E-state index is 15.1. The zero-order chi connectivity index (χ0) is 30.2. The van der Waals surface area contributed by atoms with Crippen LogP contribution in [0.1, 0.15) is 30.2 Å². The van der Waals surface area contributed by atoms with Crippen molar-refractivity contribution in [2.45, 2.75) is 30.1 Å². The second-order valence-corrected chi connectivity index (χ2v) is 11.9. The summed E-state index contributed by atoms with van der Waals surface area (Å²) in [4.78, 5) is 20.7. The molecule has 0 saturated carbocycles. The van der Waals surface area contributed by atoms with Gasteiger partial charge in [-0.1, -0.05) is 24.3 Å². The number of imidazole rings is 1. The normalized spacial score (nSPS) is 13.0. The predicted molar refractivity (Wildman–Crippen MR) is 150 cm³/mol. The molecule has 0 amide bonds. The van der Waals surface area contributed by atoms with Crippen molar-refractivity contribution >= 4 is 26.7 Å². The quantitative estimate of drug-likeness (QED) is 0.194. The number of fused-ring (bicyclic) bond motifs is 1. The Balaban J connectivity index is 1.51. The summed E-state index contributed by atoms with van der Waals surface area (Å²) in [6.45, 7) is 1.66. The van der Waals surface area contributed by atoms with Crippen LogP contribution in [0.4, 0.5) is 8.78 Å². The van der Waals surface area contributed by atoms with Crippen molar-refractivity contribution in [1.29, 1.82) is 5.26 Å². The lowest BCUT2D eigenvalue weighted by atomic mass is 9.80. The van der Waals surface area contributed by atoms with Crippen LogP contribution in [0.15, 0.2) is 71.9 Å². The number of benzene rings is 3. The molecule has 214 valence electrons. The topological polar surface area (TPSA) is 149 Å². The number of nitrogens with one attached hydrogen (secondary N) is 2. The third-order valence-electron chi connectivity index (χ3n) is 6.97. The van der Waals surface area contributed by atoms with Gasteiger partial charge in [0.25, 0.3) is 0 Å². The van der Waals surface area contributed by atoms with Gasteiger partial charge in [0.15, 0.2) is 21.4 Å². The van der Waals surface area contributed by atoms with Gasteiger partial charge >= 0.3 is 5.97 Å². The van der Waals surface area contributed by atoms with Crippen molar-refractivity contribution in [2.24, 2.45) is 0 Å². The molecule has 1 unspecified atom stereocenters. The van der Waals surface area contributed by atoms with Crippen LogP contribution in [0.5, 0.6) is 11.5 Å². The summed E-state index contributed by atoms with van der Waals surface area (Å²) in [7, 11) is -3.93. The van der Waals surface area contributed by atoms with Gasteiger partial charge in [0.05, 0.1) is 23.5 Å². The fraction of sp³-hybridized carbons (Fsp3) is 0.167. The first kappa shape index (κ1) is 28.5. The average Bonchev–Trinajstić information content (AvgIpc) is 3.62. The maximum Gasteiger partial charge on any atom is 0.303 e. The molecule has 0 fully saturated rings. The van der Waals surface area contributed by atoms with Crippen LogP contribution in [0.25, 0.3) is 22.3 Å². The third kappa shape index (κ3) is 5.34. The molecular formula is C30H24F2N4O5S. The number of aryl methyl sites for hydroxylation is 1. The van der Waals surface area contributed by atoms with E-state index in [4.69, 9.17) is 9.84 Å². The molecule has 12 heteroatoms. The predicted octanol–water partition coefficient (Wildman–Crippen LogP) is 5.88. The second kappa shape index (κ2) is 10.8. The summed E-state index contributed by atoms with van der Waals surface area (Å²) in [6, 6.07) is 15.4. The van der Waals surface area contributed by atoms with E-state index in [9.17, 15) is 18.5 Å². The van der Waals surface area contributed by atoms with Crippen molar-refractivity contribution in [3.63, 3.8) is 0 Å². The van der Waals surface area contributed by atoms with E-state index in [2.05, 4.69) is 21.0 Å². The Morgan fingerprint density at radius 2 is 1.93 bits per heavy atom. The average molecular weight is 591 g/mol. The second-order valence-electron chi connectivity index (χ2n) is 9.95. The minimum absolute atomic E-state index is 0.0442. The van der Waals surface area contributed by atoms with E-state index in [0.29, 0.717) is 11.3 Å². The van der Waals surface area contributed by atoms with Crippen molar-refractivity contribution in [3.05, 3.63) is 95.4 Å². The fourth-order valence-corrected chi connectivity index (χ4v) is 5.79. The molecule has 0 spiro atoms. The van der Waals surface area contributed by atoms with E-state index in [1.54, 1.807) is 31.2 Å². The number of hydrogen-bond acceptors (Lipinski definition) is 6. The van der Waals surface area contributed by atoms with Gasteiger partial charge in [0.2, 0.25) is 0 Å². The molecule has 42 heavy (non-hydrogen) atoms. The minimum Gasteiger partial charge on any atom is -0.481 e. The fourth-order valence-electron chi connectivity index (χ4n) is 4.73. The zero-order valence-electron chi connectivity index (χ0n) is 22.4. The van der Waals surface area contributed by atoms with Gasteiger partial charge in [-0.15, -0.1) is 0 Å². The molecule has 5 rings (SSSR count). The molecule has 1 atom stereocenters. The maximum atomic E-state index is 15.1. The lowest BCUT2D eigenvalue weighted by Crippen LogP contribution is -2.22. The highest BCUT2D eigenvalue weighted by atomic mass is 32.2. The molecule has 5 aromatic rings. The Kier molecular flexibility index (Phi) is 7.30. The number of carboxylic acid groups (broad SMARTS) is 1. The number of sulfone groups is 1. The van der Waals surface area contributed by atoms with E-state index < -0.39 is 38.6 Å². The van der Waals surface area contributed by atoms with E-state index in [1.807, 2.05) is 0 Å². The third-order valence-corrected chi connectivity index (χ3v) is 8.12. The number of carbonyl (C=O) groups is 1.